The van der Waals surface area contributed by atoms with Gasteiger partial charge in [0.1, 0.15) is 0 Å². The maximum Gasteiger partial charge on any atom is 0.307 e. The third-order valence-corrected chi connectivity index (χ3v) is 3.34. The molecule has 1 atom stereocenters. The van der Waals surface area contributed by atoms with Gasteiger partial charge in [0.2, 0.25) is 0 Å². The fourth-order valence-corrected chi connectivity index (χ4v) is 2.01. The molecule has 0 saturated heterocycles. The smallest absolute Gasteiger partial charge is 0.307 e. The maximum atomic E-state index is 10.8. The van der Waals surface area contributed by atoms with Gasteiger partial charge in [-0.15, -0.1) is 0 Å². The highest BCUT2D eigenvalue weighted by atomic mass is 16.4. The van der Waals surface area contributed by atoms with Crippen LogP contribution in [0.5, 0.6) is 0 Å². The highest BCUT2D eigenvalue weighted by molar-refractivity contribution is 5.69. The summed E-state index contributed by atoms with van der Waals surface area (Å²) >= 11 is 0. The van der Waals surface area contributed by atoms with Gasteiger partial charge < -0.3 is 10.0 Å². The molecule has 5 heteroatoms. The molecule has 0 aromatic heterocycles. The van der Waals surface area contributed by atoms with E-state index in [1.165, 1.54) is 0 Å². The van der Waals surface area contributed by atoms with Crippen LogP contribution in [0.25, 0.3) is 0 Å². The highest BCUT2D eigenvalue weighted by Gasteiger charge is 2.15. The summed E-state index contributed by atoms with van der Waals surface area (Å²) in [5, 5.41) is 17.7. The summed E-state index contributed by atoms with van der Waals surface area (Å²) in [6, 6.07) is 2.11. The Bertz CT molecular complexity index is 285. The molecule has 5 nitrogen and oxygen atoms in total. The lowest BCUT2D eigenvalue weighted by Gasteiger charge is -2.22. The number of nitriles is 1. The van der Waals surface area contributed by atoms with Crippen LogP contribution in [0.4, 0.5) is 0 Å². The molecule has 110 valence electrons. The molecule has 0 aliphatic rings. The van der Waals surface area contributed by atoms with E-state index in [-0.39, 0.29) is 0 Å². The molecule has 0 aromatic rings. The summed E-state index contributed by atoms with van der Waals surface area (Å²) < 4.78 is 0. The van der Waals surface area contributed by atoms with Gasteiger partial charge in [-0.05, 0) is 39.0 Å². The molecule has 0 fully saturated rings. The monoisotopic (exact) mass is 269 g/mol. The number of carboxylic acid groups (broad SMARTS) is 1. The molecular weight excluding hydrogens is 242 g/mol. The zero-order chi connectivity index (χ0) is 14.7. The quantitative estimate of drug-likeness (QED) is 0.456. The molecule has 1 N–H and O–H groups in total. The minimum Gasteiger partial charge on any atom is -0.481 e. The Labute approximate surface area is 116 Å². The lowest BCUT2D eigenvalue weighted by atomic mass is 10.1. The summed E-state index contributed by atoms with van der Waals surface area (Å²) in [6.45, 7) is 10.7. The van der Waals surface area contributed by atoms with Crippen molar-refractivity contribution in [3.63, 3.8) is 0 Å². The Hall–Kier alpha value is -1.12. The lowest BCUT2D eigenvalue weighted by Crippen LogP contribution is -2.33. The average molecular weight is 269 g/mol. The van der Waals surface area contributed by atoms with Crippen molar-refractivity contribution in [3.8, 4) is 6.07 Å². The van der Waals surface area contributed by atoms with Crippen molar-refractivity contribution < 1.29 is 9.90 Å². The lowest BCUT2D eigenvalue weighted by molar-refractivity contribution is -0.141. The second-order valence-electron chi connectivity index (χ2n) is 4.87. The standard InChI is InChI=1S/C14H27N3O2/c1-4-16(5-2)9-6-7-10-17(11-8-15)12-13(3)14(18)19/h13H,4-7,9-12H2,1-3H3,(H,18,19). The van der Waals surface area contributed by atoms with Crippen LogP contribution in [0.3, 0.4) is 0 Å². The van der Waals surface area contributed by atoms with E-state index in [0.717, 1.165) is 39.0 Å². The second kappa shape index (κ2) is 10.8. The Morgan fingerprint density at radius 1 is 1.21 bits per heavy atom. The maximum absolute atomic E-state index is 10.8. The number of hydrogen-bond donors (Lipinski definition) is 1. The van der Waals surface area contributed by atoms with Crippen molar-refractivity contribution in [2.24, 2.45) is 5.92 Å². The van der Waals surface area contributed by atoms with Crippen molar-refractivity contribution in [3.05, 3.63) is 0 Å². The third-order valence-electron chi connectivity index (χ3n) is 3.34. The summed E-state index contributed by atoms with van der Waals surface area (Å²) in [6.07, 6.45) is 2.09. The number of hydrogen-bond acceptors (Lipinski definition) is 4. The van der Waals surface area contributed by atoms with E-state index in [1.807, 2.05) is 4.90 Å². The topological polar surface area (TPSA) is 67.6 Å². The van der Waals surface area contributed by atoms with Gasteiger partial charge in [-0.25, -0.2) is 0 Å². The van der Waals surface area contributed by atoms with Crippen LogP contribution in [-0.2, 0) is 4.79 Å². The van der Waals surface area contributed by atoms with Gasteiger partial charge >= 0.3 is 5.97 Å². The van der Waals surface area contributed by atoms with E-state index in [4.69, 9.17) is 10.4 Å². The summed E-state index contributed by atoms with van der Waals surface area (Å²) in [4.78, 5) is 15.1. The van der Waals surface area contributed by atoms with Crippen LogP contribution in [0.2, 0.25) is 0 Å². The SMILES string of the molecule is CCN(CC)CCCCN(CC#N)CC(C)C(=O)O. The molecule has 0 amide bonds. The first-order valence-electron chi connectivity index (χ1n) is 7.09. The minimum absolute atomic E-state index is 0.308. The number of carboxylic acids is 1. The first kappa shape index (κ1) is 17.9. The molecular formula is C14H27N3O2. The fraction of sp³-hybridized carbons (Fsp3) is 0.857. The molecule has 19 heavy (non-hydrogen) atoms. The van der Waals surface area contributed by atoms with E-state index in [2.05, 4.69) is 24.8 Å². The van der Waals surface area contributed by atoms with E-state index in [0.29, 0.717) is 13.1 Å². The fourth-order valence-electron chi connectivity index (χ4n) is 2.01. The molecule has 0 rings (SSSR count). The summed E-state index contributed by atoms with van der Waals surface area (Å²) in [5.74, 6) is -1.22. The Balaban J connectivity index is 3.95. The van der Waals surface area contributed by atoms with Crippen molar-refractivity contribution >= 4 is 5.97 Å². The van der Waals surface area contributed by atoms with Gasteiger partial charge in [0.25, 0.3) is 0 Å². The molecule has 0 heterocycles. The van der Waals surface area contributed by atoms with Gasteiger partial charge in [0.15, 0.2) is 0 Å². The van der Waals surface area contributed by atoms with Crippen molar-refractivity contribution in [1.29, 1.82) is 5.26 Å². The van der Waals surface area contributed by atoms with Crippen LogP contribution in [0, 0.1) is 17.2 Å². The molecule has 0 aromatic carbocycles. The van der Waals surface area contributed by atoms with Crippen LogP contribution >= 0.6 is 0 Å². The molecule has 0 bridgehead atoms. The average Bonchev–Trinajstić information content (AvgIpc) is 2.38. The van der Waals surface area contributed by atoms with E-state index >= 15 is 0 Å². The van der Waals surface area contributed by atoms with Gasteiger partial charge in [-0.3, -0.25) is 9.69 Å². The third kappa shape index (κ3) is 8.57. The number of unbranched alkanes of at least 4 members (excludes halogenated alkanes) is 1. The summed E-state index contributed by atoms with van der Waals surface area (Å²) in [5.41, 5.74) is 0. The number of carbonyl (C=O) groups is 1. The minimum atomic E-state index is -0.800. The normalized spacial score (nSPS) is 12.6. The van der Waals surface area contributed by atoms with Crippen LogP contribution in [-0.4, -0.2) is 60.1 Å². The molecule has 0 aliphatic carbocycles. The van der Waals surface area contributed by atoms with Crippen LogP contribution in [0.15, 0.2) is 0 Å². The predicted molar refractivity (Wildman–Crippen MR) is 75.9 cm³/mol. The van der Waals surface area contributed by atoms with Crippen LogP contribution < -0.4 is 0 Å². The Morgan fingerprint density at radius 3 is 2.16 bits per heavy atom. The molecule has 0 aliphatic heterocycles. The number of aliphatic carboxylic acids is 1. The van der Waals surface area contributed by atoms with Crippen LogP contribution in [0.1, 0.15) is 33.6 Å². The first-order chi connectivity index (χ1) is 9.04. The van der Waals surface area contributed by atoms with E-state index in [9.17, 15) is 4.79 Å². The van der Waals surface area contributed by atoms with Gasteiger partial charge in [-0.1, -0.05) is 20.8 Å². The highest BCUT2D eigenvalue weighted by Crippen LogP contribution is 2.03. The zero-order valence-electron chi connectivity index (χ0n) is 12.4. The summed E-state index contributed by atoms with van der Waals surface area (Å²) in [7, 11) is 0. The van der Waals surface area contributed by atoms with E-state index < -0.39 is 11.9 Å². The molecule has 0 radical (unpaired) electrons. The van der Waals surface area contributed by atoms with Gasteiger partial charge in [-0.2, -0.15) is 5.26 Å². The molecule has 0 spiro atoms. The largest absolute Gasteiger partial charge is 0.481 e. The number of nitrogens with zero attached hydrogens (tertiary/aromatic N) is 3. The van der Waals surface area contributed by atoms with Crippen molar-refractivity contribution in [1.82, 2.24) is 9.80 Å². The second-order valence-corrected chi connectivity index (χ2v) is 4.87. The first-order valence-corrected chi connectivity index (χ1v) is 7.09. The molecule has 1 unspecified atom stereocenters. The number of rotatable bonds is 11. The Morgan fingerprint density at radius 2 is 1.74 bits per heavy atom. The zero-order valence-corrected chi connectivity index (χ0v) is 12.4. The van der Waals surface area contributed by atoms with E-state index in [1.54, 1.807) is 6.92 Å². The Kier molecular flexibility index (Phi) is 10.1. The van der Waals surface area contributed by atoms with Crippen molar-refractivity contribution in [2.75, 3.05) is 39.3 Å². The molecule has 0 saturated carbocycles. The van der Waals surface area contributed by atoms with Gasteiger partial charge in [0.05, 0.1) is 18.5 Å². The van der Waals surface area contributed by atoms with Crippen molar-refractivity contribution in [2.45, 2.75) is 33.6 Å². The van der Waals surface area contributed by atoms with Gasteiger partial charge in [0, 0.05) is 6.54 Å². The predicted octanol–water partition coefficient (Wildman–Crippen LogP) is 1.65.